The van der Waals surface area contributed by atoms with Crippen LogP contribution in [0.2, 0.25) is 0 Å². The first-order valence-corrected chi connectivity index (χ1v) is 5.38. The zero-order valence-corrected chi connectivity index (χ0v) is 8.98. The van der Waals surface area contributed by atoms with E-state index in [-0.39, 0.29) is 11.9 Å². The molecule has 1 unspecified atom stereocenters. The second kappa shape index (κ2) is 4.57. The number of aromatic nitrogens is 2. The summed E-state index contributed by atoms with van der Waals surface area (Å²) < 4.78 is 7.32. The normalized spacial score (nSPS) is 21.5. The Labute approximate surface area is 89.3 Å². The van der Waals surface area contributed by atoms with Gasteiger partial charge >= 0.3 is 0 Å². The SMILES string of the molecule is Cn1ccnc1CC(=O)C1CCCCO1. The average molecular weight is 208 g/mol. The molecule has 1 saturated heterocycles. The molecule has 1 aliphatic heterocycles. The number of carbonyl (C=O) groups excluding carboxylic acids is 1. The molecule has 0 saturated carbocycles. The number of imidazole rings is 1. The lowest BCUT2D eigenvalue weighted by molar-refractivity contribution is -0.132. The van der Waals surface area contributed by atoms with E-state index >= 15 is 0 Å². The van der Waals surface area contributed by atoms with Gasteiger partial charge in [-0.1, -0.05) is 0 Å². The van der Waals surface area contributed by atoms with Crippen molar-refractivity contribution in [3.8, 4) is 0 Å². The van der Waals surface area contributed by atoms with E-state index in [1.54, 1.807) is 6.20 Å². The van der Waals surface area contributed by atoms with Crippen molar-refractivity contribution in [1.82, 2.24) is 9.55 Å². The first-order valence-electron chi connectivity index (χ1n) is 5.38. The quantitative estimate of drug-likeness (QED) is 0.747. The Hall–Kier alpha value is -1.16. The molecule has 0 amide bonds. The number of carbonyl (C=O) groups is 1. The molecule has 4 nitrogen and oxygen atoms in total. The van der Waals surface area contributed by atoms with Crippen molar-refractivity contribution in [2.24, 2.45) is 7.05 Å². The minimum Gasteiger partial charge on any atom is -0.370 e. The number of hydrogen-bond acceptors (Lipinski definition) is 3. The molecule has 1 atom stereocenters. The molecule has 0 bridgehead atoms. The monoisotopic (exact) mass is 208 g/mol. The van der Waals surface area contributed by atoms with Crippen LogP contribution in [0.25, 0.3) is 0 Å². The van der Waals surface area contributed by atoms with Crippen LogP contribution in [-0.2, 0) is 23.0 Å². The van der Waals surface area contributed by atoms with Gasteiger partial charge in [0.2, 0.25) is 0 Å². The van der Waals surface area contributed by atoms with E-state index in [0.717, 1.165) is 31.7 Å². The molecule has 15 heavy (non-hydrogen) atoms. The summed E-state index contributed by atoms with van der Waals surface area (Å²) in [4.78, 5) is 16.0. The van der Waals surface area contributed by atoms with Gasteiger partial charge in [0.15, 0.2) is 5.78 Å². The fraction of sp³-hybridized carbons (Fsp3) is 0.636. The maximum atomic E-state index is 11.8. The molecule has 1 fully saturated rings. The molecule has 0 spiro atoms. The van der Waals surface area contributed by atoms with E-state index in [4.69, 9.17) is 4.74 Å². The van der Waals surface area contributed by atoms with E-state index in [1.165, 1.54) is 0 Å². The standard InChI is InChI=1S/C11H16N2O2/c1-13-6-5-12-11(13)8-9(14)10-4-2-3-7-15-10/h5-6,10H,2-4,7-8H2,1H3. The van der Waals surface area contributed by atoms with Crippen molar-refractivity contribution >= 4 is 5.78 Å². The van der Waals surface area contributed by atoms with Crippen molar-refractivity contribution in [3.05, 3.63) is 18.2 Å². The van der Waals surface area contributed by atoms with Crippen LogP contribution in [0.1, 0.15) is 25.1 Å². The van der Waals surface area contributed by atoms with E-state index in [2.05, 4.69) is 4.98 Å². The highest BCUT2D eigenvalue weighted by atomic mass is 16.5. The summed E-state index contributed by atoms with van der Waals surface area (Å²) in [5.74, 6) is 0.971. The number of ether oxygens (including phenoxy) is 1. The summed E-state index contributed by atoms with van der Waals surface area (Å²) in [6.07, 6.45) is 6.78. The van der Waals surface area contributed by atoms with Crippen LogP contribution in [0.5, 0.6) is 0 Å². The van der Waals surface area contributed by atoms with Gasteiger partial charge in [0.1, 0.15) is 11.9 Å². The van der Waals surface area contributed by atoms with Gasteiger partial charge in [0.25, 0.3) is 0 Å². The highest BCUT2D eigenvalue weighted by Crippen LogP contribution is 2.14. The van der Waals surface area contributed by atoms with Crippen molar-refractivity contribution < 1.29 is 9.53 Å². The third kappa shape index (κ3) is 2.45. The molecule has 1 aromatic heterocycles. The topological polar surface area (TPSA) is 44.1 Å². The van der Waals surface area contributed by atoms with Crippen LogP contribution in [-0.4, -0.2) is 28.0 Å². The van der Waals surface area contributed by atoms with Crippen molar-refractivity contribution in [3.63, 3.8) is 0 Å². The highest BCUT2D eigenvalue weighted by Gasteiger charge is 2.22. The molecule has 4 heteroatoms. The number of Topliss-reactive ketones (excluding diaryl/α,β-unsaturated/α-hetero) is 1. The van der Waals surface area contributed by atoms with Crippen LogP contribution in [0, 0.1) is 0 Å². The predicted molar refractivity (Wildman–Crippen MR) is 55.5 cm³/mol. The van der Waals surface area contributed by atoms with Crippen LogP contribution < -0.4 is 0 Å². The van der Waals surface area contributed by atoms with E-state index < -0.39 is 0 Å². The number of rotatable bonds is 3. The Kier molecular flexibility index (Phi) is 3.16. The van der Waals surface area contributed by atoms with Gasteiger partial charge in [-0.3, -0.25) is 4.79 Å². The van der Waals surface area contributed by atoms with Crippen molar-refractivity contribution in [1.29, 1.82) is 0 Å². The van der Waals surface area contributed by atoms with Crippen molar-refractivity contribution in [2.45, 2.75) is 31.8 Å². The second-order valence-corrected chi connectivity index (χ2v) is 3.95. The molecule has 2 rings (SSSR count). The van der Waals surface area contributed by atoms with Crippen LogP contribution >= 0.6 is 0 Å². The zero-order valence-electron chi connectivity index (χ0n) is 8.98. The predicted octanol–water partition coefficient (Wildman–Crippen LogP) is 1.10. The lowest BCUT2D eigenvalue weighted by Crippen LogP contribution is -2.30. The van der Waals surface area contributed by atoms with Gasteiger partial charge in [-0.15, -0.1) is 0 Å². The molecule has 0 N–H and O–H groups in total. The largest absolute Gasteiger partial charge is 0.370 e. The third-order valence-electron chi connectivity index (χ3n) is 2.79. The summed E-state index contributed by atoms with van der Waals surface area (Å²) in [6, 6.07) is 0. The number of nitrogens with zero attached hydrogens (tertiary/aromatic N) is 2. The smallest absolute Gasteiger partial charge is 0.169 e. The Morgan fingerprint density at radius 1 is 1.67 bits per heavy atom. The third-order valence-corrected chi connectivity index (χ3v) is 2.79. The highest BCUT2D eigenvalue weighted by molar-refractivity contribution is 5.84. The average Bonchev–Trinajstić information content (AvgIpc) is 2.66. The summed E-state index contributed by atoms with van der Waals surface area (Å²) in [5.41, 5.74) is 0. The molecule has 0 aliphatic carbocycles. The van der Waals surface area contributed by atoms with Crippen molar-refractivity contribution in [2.75, 3.05) is 6.61 Å². The van der Waals surface area contributed by atoms with Gasteiger partial charge in [0, 0.05) is 26.0 Å². The van der Waals surface area contributed by atoms with E-state index in [0.29, 0.717) is 6.42 Å². The molecular weight excluding hydrogens is 192 g/mol. The molecule has 1 aliphatic rings. The lowest BCUT2D eigenvalue weighted by Gasteiger charge is -2.21. The van der Waals surface area contributed by atoms with E-state index in [1.807, 2.05) is 17.8 Å². The second-order valence-electron chi connectivity index (χ2n) is 3.95. The fourth-order valence-corrected chi connectivity index (χ4v) is 1.83. The zero-order chi connectivity index (χ0) is 10.7. The van der Waals surface area contributed by atoms with Gasteiger partial charge in [-0.2, -0.15) is 0 Å². The molecule has 0 aromatic carbocycles. The first-order chi connectivity index (χ1) is 7.27. The Morgan fingerprint density at radius 3 is 3.13 bits per heavy atom. The minimum atomic E-state index is -0.199. The molecule has 82 valence electrons. The summed E-state index contributed by atoms with van der Waals surface area (Å²) in [7, 11) is 1.90. The number of hydrogen-bond donors (Lipinski definition) is 0. The van der Waals surface area contributed by atoms with Gasteiger partial charge < -0.3 is 9.30 Å². The molecule has 1 aromatic rings. The van der Waals surface area contributed by atoms with Crippen LogP contribution in [0.3, 0.4) is 0 Å². The van der Waals surface area contributed by atoms with Crippen LogP contribution in [0.15, 0.2) is 12.4 Å². The summed E-state index contributed by atoms with van der Waals surface area (Å²) in [5, 5.41) is 0. The van der Waals surface area contributed by atoms with Crippen LogP contribution in [0.4, 0.5) is 0 Å². The molecular formula is C11H16N2O2. The Morgan fingerprint density at radius 2 is 2.53 bits per heavy atom. The molecule has 2 heterocycles. The summed E-state index contributed by atoms with van der Waals surface area (Å²) >= 11 is 0. The van der Waals surface area contributed by atoms with E-state index in [9.17, 15) is 4.79 Å². The first kappa shape index (κ1) is 10.4. The number of ketones is 1. The number of aryl methyl sites for hydroxylation is 1. The maximum Gasteiger partial charge on any atom is 0.169 e. The van der Waals surface area contributed by atoms with Gasteiger partial charge in [-0.25, -0.2) is 4.98 Å². The minimum absolute atomic E-state index is 0.156. The molecule has 0 radical (unpaired) electrons. The fourth-order valence-electron chi connectivity index (χ4n) is 1.83. The Bertz CT molecular complexity index is 340. The van der Waals surface area contributed by atoms with Gasteiger partial charge in [-0.05, 0) is 19.3 Å². The van der Waals surface area contributed by atoms with Gasteiger partial charge in [0.05, 0.1) is 6.42 Å². The summed E-state index contributed by atoms with van der Waals surface area (Å²) in [6.45, 7) is 0.719. The maximum absolute atomic E-state index is 11.8. The Balaban J connectivity index is 1.94. The lowest BCUT2D eigenvalue weighted by atomic mass is 10.0.